The molecule has 110 valence electrons. The zero-order chi connectivity index (χ0) is 14.8. The molecule has 0 amide bonds. The van der Waals surface area contributed by atoms with Gasteiger partial charge < -0.3 is 14.7 Å². The Kier molecular flexibility index (Phi) is 4.29. The molecule has 1 fully saturated rings. The van der Waals surface area contributed by atoms with Crippen molar-refractivity contribution in [3.8, 4) is 0 Å². The Balaban J connectivity index is 2.09. The monoisotopic (exact) mass is 299 g/mol. The molecule has 0 spiro atoms. The van der Waals surface area contributed by atoms with Crippen molar-refractivity contribution in [1.29, 1.82) is 0 Å². The number of carbonyl (C=O) groups is 1. The minimum absolute atomic E-state index is 0.0298. The molecule has 0 bridgehead atoms. The number of sulfone groups is 1. The number of rotatable bonds is 4. The first kappa shape index (κ1) is 14.8. The van der Waals surface area contributed by atoms with E-state index < -0.39 is 15.8 Å². The SMILES string of the molecule is CS(=O)(=O)c1ccc(N2CCOC(CC(=O)O)C2)cc1. The molecule has 1 atom stereocenters. The zero-order valence-corrected chi connectivity index (χ0v) is 12.0. The number of morpholine rings is 1. The molecule has 0 radical (unpaired) electrons. The van der Waals surface area contributed by atoms with Crippen molar-refractivity contribution >= 4 is 21.5 Å². The highest BCUT2D eigenvalue weighted by Crippen LogP contribution is 2.21. The van der Waals surface area contributed by atoms with Gasteiger partial charge in [0.2, 0.25) is 0 Å². The number of carboxylic acids is 1. The summed E-state index contributed by atoms with van der Waals surface area (Å²) in [6.45, 7) is 1.62. The first-order valence-electron chi connectivity index (χ1n) is 6.25. The summed E-state index contributed by atoms with van der Waals surface area (Å²) in [5, 5.41) is 8.78. The van der Waals surface area contributed by atoms with Crippen LogP contribution in [0.3, 0.4) is 0 Å². The number of nitrogens with zero attached hydrogens (tertiary/aromatic N) is 1. The van der Waals surface area contributed by atoms with Gasteiger partial charge in [-0.15, -0.1) is 0 Å². The molecule has 0 aliphatic carbocycles. The molecule has 1 N–H and O–H groups in total. The second-order valence-electron chi connectivity index (χ2n) is 4.80. The van der Waals surface area contributed by atoms with E-state index in [-0.39, 0.29) is 17.4 Å². The molecule has 0 aromatic heterocycles. The number of benzene rings is 1. The summed E-state index contributed by atoms with van der Waals surface area (Å²) >= 11 is 0. The first-order valence-corrected chi connectivity index (χ1v) is 8.14. The van der Waals surface area contributed by atoms with E-state index in [1.54, 1.807) is 24.3 Å². The lowest BCUT2D eigenvalue weighted by Crippen LogP contribution is -2.43. The Morgan fingerprint density at radius 1 is 1.40 bits per heavy atom. The van der Waals surface area contributed by atoms with E-state index in [0.29, 0.717) is 19.7 Å². The molecular weight excluding hydrogens is 282 g/mol. The molecule has 1 heterocycles. The number of hydrogen-bond donors (Lipinski definition) is 1. The lowest BCUT2D eigenvalue weighted by molar-refractivity contribution is -0.140. The molecule has 0 saturated carbocycles. The second-order valence-corrected chi connectivity index (χ2v) is 6.82. The largest absolute Gasteiger partial charge is 0.481 e. The number of ether oxygens (including phenoxy) is 1. The maximum absolute atomic E-state index is 11.4. The van der Waals surface area contributed by atoms with Crippen LogP contribution in [-0.2, 0) is 19.4 Å². The van der Waals surface area contributed by atoms with Crippen LogP contribution in [0, 0.1) is 0 Å². The van der Waals surface area contributed by atoms with Crippen molar-refractivity contribution in [1.82, 2.24) is 0 Å². The van der Waals surface area contributed by atoms with Crippen LogP contribution >= 0.6 is 0 Å². The Hall–Kier alpha value is -1.60. The van der Waals surface area contributed by atoms with Crippen molar-refractivity contribution in [2.24, 2.45) is 0 Å². The first-order chi connectivity index (χ1) is 9.36. The molecule has 6 nitrogen and oxygen atoms in total. The van der Waals surface area contributed by atoms with Crippen molar-refractivity contribution in [2.45, 2.75) is 17.4 Å². The summed E-state index contributed by atoms with van der Waals surface area (Å²) in [6.07, 6.45) is 0.799. The van der Waals surface area contributed by atoms with E-state index >= 15 is 0 Å². The lowest BCUT2D eigenvalue weighted by atomic mass is 10.2. The van der Waals surface area contributed by atoms with Gasteiger partial charge in [0, 0.05) is 25.0 Å². The van der Waals surface area contributed by atoms with Gasteiger partial charge in [0.1, 0.15) is 0 Å². The fourth-order valence-corrected chi connectivity index (χ4v) is 2.81. The fraction of sp³-hybridized carbons (Fsp3) is 0.462. The van der Waals surface area contributed by atoms with E-state index in [1.165, 1.54) is 6.26 Å². The highest BCUT2D eigenvalue weighted by Gasteiger charge is 2.23. The third kappa shape index (κ3) is 3.71. The van der Waals surface area contributed by atoms with Crippen LogP contribution in [0.15, 0.2) is 29.2 Å². The minimum atomic E-state index is -3.20. The summed E-state index contributed by atoms with van der Waals surface area (Å²) in [7, 11) is -3.20. The average Bonchev–Trinajstić information content (AvgIpc) is 2.37. The van der Waals surface area contributed by atoms with Crippen LogP contribution in [0.2, 0.25) is 0 Å². The van der Waals surface area contributed by atoms with Gasteiger partial charge in [-0.25, -0.2) is 8.42 Å². The summed E-state index contributed by atoms with van der Waals surface area (Å²) in [5.74, 6) is -0.885. The van der Waals surface area contributed by atoms with Crippen molar-refractivity contribution in [3.05, 3.63) is 24.3 Å². The normalized spacial score (nSPS) is 19.9. The topological polar surface area (TPSA) is 83.9 Å². The molecule has 7 heteroatoms. The van der Waals surface area contributed by atoms with Crippen molar-refractivity contribution < 1.29 is 23.1 Å². The van der Waals surface area contributed by atoms with Gasteiger partial charge in [-0.2, -0.15) is 0 Å². The lowest BCUT2D eigenvalue weighted by Gasteiger charge is -2.34. The molecular formula is C13H17NO5S. The smallest absolute Gasteiger partial charge is 0.306 e. The summed E-state index contributed by atoms with van der Waals surface area (Å²) in [6, 6.07) is 6.59. The standard InChI is InChI=1S/C13H17NO5S/c1-20(17,18)12-4-2-10(3-5-12)14-6-7-19-11(9-14)8-13(15)16/h2-5,11H,6-9H2,1H3,(H,15,16). The van der Waals surface area contributed by atoms with Gasteiger partial charge in [0.05, 0.1) is 24.0 Å². The molecule has 1 aliphatic heterocycles. The third-order valence-corrected chi connectivity index (χ3v) is 4.30. The Bertz CT molecular complexity index is 581. The summed E-state index contributed by atoms with van der Waals surface area (Å²) in [4.78, 5) is 13.0. The van der Waals surface area contributed by atoms with Crippen LogP contribution in [0.5, 0.6) is 0 Å². The molecule has 1 aromatic carbocycles. The van der Waals surface area contributed by atoms with E-state index in [2.05, 4.69) is 0 Å². The minimum Gasteiger partial charge on any atom is -0.481 e. The Morgan fingerprint density at radius 2 is 2.05 bits per heavy atom. The van der Waals surface area contributed by atoms with E-state index in [1.807, 2.05) is 4.90 Å². The van der Waals surface area contributed by atoms with Crippen LogP contribution in [0.1, 0.15) is 6.42 Å². The van der Waals surface area contributed by atoms with Crippen LogP contribution in [0.4, 0.5) is 5.69 Å². The second kappa shape index (κ2) is 5.80. The predicted octanol–water partition coefficient (Wildman–Crippen LogP) is 0.770. The van der Waals surface area contributed by atoms with Crippen LogP contribution < -0.4 is 4.90 Å². The van der Waals surface area contributed by atoms with E-state index in [4.69, 9.17) is 9.84 Å². The van der Waals surface area contributed by atoms with Gasteiger partial charge in [0.25, 0.3) is 0 Å². The molecule has 1 aliphatic rings. The predicted molar refractivity (Wildman–Crippen MR) is 73.8 cm³/mol. The highest BCUT2D eigenvalue weighted by molar-refractivity contribution is 7.90. The van der Waals surface area contributed by atoms with Gasteiger partial charge in [-0.05, 0) is 24.3 Å². The maximum Gasteiger partial charge on any atom is 0.306 e. The third-order valence-electron chi connectivity index (χ3n) is 3.17. The highest BCUT2D eigenvalue weighted by atomic mass is 32.2. The van der Waals surface area contributed by atoms with E-state index in [9.17, 15) is 13.2 Å². The van der Waals surface area contributed by atoms with Crippen LogP contribution in [0.25, 0.3) is 0 Å². The molecule has 20 heavy (non-hydrogen) atoms. The van der Waals surface area contributed by atoms with Gasteiger partial charge >= 0.3 is 5.97 Å². The number of aliphatic carboxylic acids is 1. The van der Waals surface area contributed by atoms with Crippen molar-refractivity contribution in [3.63, 3.8) is 0 Å². The fourth-order valence-electron chi connectivity index (χ4n) is 2.18. The number of carboxylic acid groups (broad SMARTS) is 1. The number of anilines is 1. The summed E-state index contributed by atoms with van der Waals surface area (Å²) < 4.78 is 28.2. The molecule has 1 saturated heterocycles. The Morgan fingerprint density at radius 3 is 2.60 bits per heavy atom. The number of hydrogen-bond acceptors (Lipinski definition) is 5. The molecule has 2 rings (SSSR count). The van der Waals surface area contributed by atoms with Gasteiger partial charge in [0.15, 0.2) is 9.84 Å². The van der Waals surface area contributed by atoms with Crippen molar-refractivity contribution in [2.75, 3.05) is 30.9 Å². The summed E-state index contributed by atoms with van der Waals surface area (Å²) in [5.41, 5.74) is 0.871. The molecule has 1 aromatic rings. The van der Waals surface area contributed by atoms with E-state index in [0.717, 1.165) is 5.69 Å². The zero-order valence-electron chi connectivity index (χ0n) is 11.2. The van der Waals surface area contributed by atoms with Crippen LogP contribution in [-0.4, -0.2) is 51.5 Å². The van der Waals surface area contributed by atoms with Gasteiger partial charge in [-0.1, -0.05) is 0 Å². The quantitative estimate of drug-likeness (QED) is 0.884. The average molecular weight is 299 g/mol. The Labute approximate surface area is 117 Å². The molecule has 1 unspecified atom stereocenters. The maximum atomic E-state index is 11.4. The van der Waals surface area contributed by atoms with Gasteiger partial charge in [-0.3, -0.25) is 4.79 Å².